The fourth-order valence-electron chi connectivity index (χ4n) is 1.95. The van der Waals surface area contributed by atoms with Gasteiger partial charge in [-0.3, -0.25) is 0 Å². The van der Waals surface area contributed by atoms with Crippen LogP contribution in [0.2, 0.25) is 0 Å². The van der Waals surface area contributed by atoms with Crippen LogP contribution in [0.4, 0.5) is 19.1 Å². The second kappa shape index (κ2) is 4.81. The second-order valence-electron chi connectivity index (χ2n) is 4.92. The van der Waals surface area contributed by atoms with Gasteiger partial charge in [-0.25, -0.2) is 0 Å². The van der Waals surface area contributed by atoms with Gasteiger partial charge in [0.15, 0.2) is 0 Å². The van der Waals surface area contributed by atoms with Gasteiger partial charge in [0, 0.05) is 0 Å². The monoisotopic (exact) mass is 284 g/mol. The Bertz CT molecular complexity index is 629. The van der Waals surface area contributed by atoms with Gasteiger partial charge in [0.05, 0.1) is 5.69 Å². The van der Waals surface area contributed by atoms with Crippen molar-refractivity contribution in [2.45, 2.75) is 32.9 Å². The van der Waals surface area contributed by atoms with E-state index in [4.69, 9.17) is 5.73 Å². The Kier molecular flexibility index (Phi) is 3.45. The first kappa shape index (κ1) is 14.4. The first-order chi connectivity index (χ1) is 9.20. The van der Waals surface area contributed by atoms with Gasteiger partial charge in [-0.1, -0.05) is 31.5 Å². The molecule has 1 heterocycles. The molecule has 2 rings (SSSR count). The van der Waals surface area contributed by atoms with Crippen LogP contribution in [0, 0.1) is 6.92 Å². The highest BCUT2D eigenvalue weighted by molar-refractivity contribution is 5.47. The van der Waals surface area contributed by atoms with Crippen LogP contribution in [0.5, 0.6) is 0 Å². The van der Waals surface area contributed by atoms with Gasteiger partial charge in [-0.05, 0) is 24.5 Å². The zero-order valence-electron chi connectivity index (χ0n) is 11.4. The van der Waals surface area contributed by atoms with E-state index < -0.39 is 12.0 Å². The van der Waals surface area contributed by atoms with Crippen LogP contribution in [0.25, 0.3) is 5.69 Å². The predicted octanol–water partition coefficient (Wildman–Crippen LogP) is 3.30. The van der Waals surface area contributed by atoms with E-state index >= 15 is 0 Å². The normalized spacial score (nSPS) is 12.2. The number of nitrogen functional groups attached to an aromatic ring is 1. The van der Waals surface area contributed by atoms with Crippen molar-refractivity contribution in [3.05, 3.63) is 35.2 Å². The topological polar surface area (TPSA) is 56.7 Å². The lowest BCUT2D eigenvalue weighted by molar-refractivity contribution is -0.144. The van der Waals surface area contributed by atoms with Crippen LogP contribution >= 0.6 is 0 Å². The molecule has 2 aromatic rings. The summed E-state index contributed by atoms with van der Waals surface area (Å²) in [7, 11) is 0. The number of anilines is 1. The number of alkyl halides is 3. The molecule has 0 aliphatic heterocycles. The van der Waals surface area contributed by atoms with E-state index in [0.29, 0.717) is 5.69 Å². The molecule has 0 bridgehead atoms. The maximum absolute atomic E-state index is 12.6. The lowest BCUT2D eigenvalue weighted by atomic mass is 9.99. The Labute approximate surface area is 114 Å². The number of nitrogens with zero attached hydrogens (tertiary/aromatic N) is 3. The minimum absolute atomic E-state index is 0.128. The second-order valence-corrected chi connectivity index (χ2v) is 4.92. The van der Waals surface area contributed by atoms with Gasteiger partial charge < -0.3 is 5.73 Å². The summed E-state index contributed by atoms with van der Waals surface area (Å²) in [6, 6.07) is 5.42. The molecule has 2 N–H and O–H groups in total. The minimum Gasteiger partial charge on any atom is -0.368 e. The SMILES string of the molecule is Cc1ccc(-n2nc(C(F)(F)F)nc2N)c(C(C)C)c1. The number of hydrogen-bond donors (Lipinski definition) is 1. The zero-order chi connectivity index (χ0) is 15.1. The fourth-order valence-corrected chi connectivity index (χ4v) is 1.95. The Morgan fingerprint density at radius 2 is 1.90 bits per heavy atom. The quantitative estimate of drug-likeness (QED) is 0.920. The van der Waals surface area contributed by atoms with Gasteiger partial charge in [0.1, 0.15) is 0 Å². The van der Waals surface area contributed by atoms with Crippen molar-refractivity contribution in [3.8, 4) is 5.69 Å². The van der Waals surface area contributed by atoms with Crippen molar-refractivity contribution in [1.29, 1.82) is 0 Å². The van der Waals surface area contributed by atoms with E-state index in [2.05, 4.69) is 10.1 Å². The van der Waals surface area contributed by atoms with Crippen LogP contribution in [0.1, 0.15) is 36.7 Å². The maximum atomic E-state index is 12.6. The highest BCUT2D eigenvalue weighted by Gasteiger charge is 2.37. The molecule has 7 heteroatoms. The van der Waals surface area contributed by atoms with E-state index in [1.165, 1.54) is 0 Å². The third kappa shape index (κ3) is 2.61. The summed E-state index contributed by atoms with van der Waals surface area (Å²) >= 11 is 0. The third-order valence-electron chi connectivity index (χ3n) is 2.92. The summed E-state index contributed by atoms with van der Waals surface area (Å²) in [5.74, 6) is -1.38. The zero-order valence-corrected chi connectivity index (χ0v) is 11.4. The van der Waals surface area contributed by atoms with Crippen LogP contribution in [0.3, 0.4) is 0 Å². The molecule has 0 saturated carbocycles. The Morgan fingerprint density at radius 3 is 2.40 bits per heavy atom. The number of halogens is 3. The molecule has 4 nitrogen and oxygen atoms in total. The predicted molar refractivity (Wildman–Crippen MR) is 69.6 cm³/mol. The summed E-state index contributed by atoms with van der Waals surface area (Å²) in [6.45, 7) is 5.83. The standard InChI is InChI=1S/C13H15F3N4/c1-7(2)9-6-8(3)4-5-10(9)20-12(17)18-11(19-20)13(14,15)16/h4-7H,1-3H3,(H2,17,18,19). The molecule has 0 aliphatic carbocycles. The molecule has 108 valence electrons. The summed E-state index contributed by atoms with van der Waals surface area (Å²) in [5.41, 5.74) is 7.98. The summed E-state index contributed by atoms with van der Waals surface area (Å²) in [4.78, 5) is 3.29. The number of hydrogen-bond acceptors (Lipinski definition) is 3. The average molecular weight is 284 g/mol. The molecule has 1 aromatic heterocycles. The average Bonchev–Trinajstić information content (AvgIpc) is 2.71. The van der Waals surface area contributed by atoms with Gasteiger partial charge >= 0.3 is 6.18 Å². The molecule has 20 heavy (non-hydrogen) atoms. The molecule has 0 atom stereocenters. The molecule has 1 aromatic carbocycles. The van der Waals surface area contributed by atoms with Gasteiger partial charge in [0.25, 0.3) is 5.82 Å². The summed E-state index contributed by atoms with van der Waals surface area (Å²) in [6.07, 6.45) is -4.61. The molecule has 0 spiro atoms. The molecule has 0 saturated heterocycles. The highest BCUT2D eigenvalue weighted by Crippen LogP contribution is 2.30. The number of aryl methyl sites for hydroxylation is 1. The van der Waals surface area contributed by atoms with Crippen molar-refractivity contribution < 1.29 is 13.2 Å². The fraction of sp³-hybridized carbons (Fsp3) is 0.385. The van der Waals surface area contributed by atoms with Crippen LogP contribution in [0.15, 0.2) is 18.2 Å². The summed E-state index contributed by atoms with van der Waals surface area (Å²) in [5, 5.41) is 3.48. The first-order valence-corrected chi connectivity index (χ1v) is 6.11. The largest absolute Gasteiger partial charge is 0.453 e. The minimum atomic E-state index is -4.61. The lowest BCUT2D eigenvalue weighted by Crippen LogP contribution is -2.10. The van der Waals surface area contributed by atoms with E-state index in [9.17, 15) is 13.2 Å². The van der Waals surface area contributed by atoms with Crippen molar-refractivity contribution in [3.63, 3.8) is 0 Å². The van der Waals surface area contributed by atoms with Crippen LogP contribution in [-0.4, -0.2) is 14.8 Å². The van der Waals surface area contributed by atoms with E-state index in [-0.39, 0.29) is 11.9 Å². The maximum Gasteiger partial charge on any atom is 0.453 e. The van der Waals surface area contributed by atoms with Gasteiger partial charge in [-0.15, -0.1) is 5.10 Å². The smallest absolute Gasteiger partial charge is 0.368 e. The molecular weight excluding hydrogens is 269 g/mol. The molecule has 0 radical (unpaired) electrons. The van der Waals surface area contributed by atoms with E-state index in [1.54, 1.807) is 12.1 Å². The van der Waals surface area contributed by atoms with Gasteiger partial charge in [0.2, 0.25) is 5.95 Å². The molecule has 0 unspecified atom stereocenters. The molecule has 0 fully saturated rings. The highest BCUT2D eigenvalue weighted by atomic mass is 19.4. The van der Waals surface area contributed by atoms with Crippen LogP contribution in [-0.2, 0) is 6.18 Å². The van der Waals surface area contributed by atoms with Crippen molar-refractivity contribution in [2.75, 3.05) is 5.73 Å². The van der Waals surface area contributed by atoms with Crippen molar-refractivity contribution in [1.82, 2.24) is 14.8 Å². The number of nitrogens with two attached hydrogens (primary N) is 1. The Morgan fingerprint density at radius 1 is 1.25 bits per heavy atom. The van der Waals surface area contributed by atoms with Crippen molar-refractivity contribution in [2.24, 2.45) is 0 Å². The van der Waals surface area contributed by atoms with E-state index in [0.717, 1.165) is 15.8 Å². The summed E-state index contributed by atoms with van der Waals surface area (Å²) < 4.78 is 38.9. The number of aromatic nitrogens is 3. The Hall–Kier alpha value is -2.05. The lowest BCUT2D eigenvalue weighted by Gasteiger charge is -2.14. The first-order valence-electron chi connectivity index (χ1n) is 6.11. The van der Waals surface area contributed by atoms with E-state index in [1.807, 2.05) is 26.8 Å². The Balaban J connectivity index is 2.60. The van der Waals surface area contributed by atoms with Gasteiger partial charge in [-0.2, -0.15) is 22.8 Å². The molecule has 0 amide bonds. The number of benzene rings is 1. The van der Waals surface area contributed by atoms with Crippen molar-refractivity contribution >= 4 is 5.95 Å². The van der Waals surface area contributed by atoms with Crippen LogP contribution < -0.4 is 5.73 Å². The number of rotatable bonds is 2. The molecular formula is C13H15F3N4. The molecule has 0 aliphatic rings. The third-order valence-corrected chi connectivity index (χ3v) is 2.92.